The molecule has 0 fully saturated rings. The molecule has 0 radical (unpaired) electrons. The number of amides is 1. The van der Waals surface area contributed by atoms with Gasteiger partial charge in [0.15, 0.2) is 5.82 Å². The predicted octanol–water partition coefficient (Wildman–Crippen LogP) is 1.04. The van der Waals surface area contributed by atoms with E-state index in [0.717, 1.165) is 12.8 Å². The van der Waals surface area contributed by atoms with E-state index in [1.54, 1.807) is 0 Å². The summed E-state index contributed by atoms with van der Waals surface area (Å²) >= 11 is 0. The average molecular weight is 303 g/mol. The number of carbonyl (C=O) groups is 2. The summed E-state index contributed by atoms with van der Waals surface area (Å²) < 4.78 is 1.42. The molecule has 22 heavy (non-hydrogen) atoms. The molecule has 0 aliphatic carbocycles. The lowest BCUT2D eigenvalue weighted by Gasteiger charge is -2.14. The Hall–Kier alpha value is -2.77. The number of unbranched alkanes of at least 4 members (excludes halogenated alkanes) is 1. The molecule has 0 unspecified atom stereocenters. The van der Waals surface area contributed by atoms with Crippen molar-refractivity contribution >= 4 is 11.9 Å². The second kappa shape index (κ2) is 7.30. The third-order valence-corrected chi connectivity index (χ3v) is 3.11. The zero-order valence-corrected chi connectivity index (χ0v) is 12.1. The van der Waals surface area contributed by atoms with E-state index in [-0.39, 0.29) is 0 Å². The number of aliphatic carboxylic acids is 1. The summed E-state index contributed by atoms with van der Waals surface area (Å²) in [6.07, 6.45) is 6.29. The lowest BCUT2D eigenvalue weighted by Crippen LogP contribution is -2.40. The number of nitrogens with one attached hydrogen (secondary N) is 1. The van der Waals surface area contributed by atoms with Gasteiger partial charge in [-0.15, -0.1) is 0 Å². The molecular formula is C14H17N5O3. The van der Waals surface area contributed by atoms with Crippen molar-refractivity contribution in [2.45, 2.75) is 32.2 Å². The first kappa shape index (κ1) is 15.6. The minimum absolute atomic E-state index is 0.322. The molecule has 0 saturated carbocycles. The van der Waals surface area contributed by atoms with E-state index in [1.807, 2.05) is 6.92 Å². The largest absolute Gasteiger partial charge is 0.480 e. The quantitative estimate of drug-likeness (QED) is 0.790. The number of carbonyl (C=O) groups excluding carboxylic acids is 1. The Morgan fingerprint density at radius 3 is 2.91 bits per heavy atom. The van der Waals surface area contributed by atoms with Crippen LogP contribution in [0.4, 0.5) is 0 Å². The van der Waals surface area contributed by atoms with Gasteiger partial charge in [-0.1, -0.05) is 19.8 Å². The number of pyridine rings is 1. The maximum Gasteiger partial charge on any atom is 0.326 e. The van der Waals surface area contributed by atoms with Gasteiger partial charge < -0.3 is 10.4 Å². The van der Waals surface area contributed by atoms with E-state index in [2.05, 4.69) is 20.4 Å². The Morgan fingerprint density at radius 2 is 2.27 bits per heavy atom. The normalized spacial score (nSPS) is 11.9. The Labute approximate surface area is 127 Å². The molecule has 8 nitrogen and oxygen atoms in total. The standard InChI is InChI=1S/C14H17N5O3/c1-2-3-4-11(14(21)22)18-13(20)10-5-6-16-12(7-10)19-9-15-8-17-19/h5-9,11H,2-4H2,1H3,(H,18,20)(H,21,22)/t11-/m0/s1. The monoisotopic (exact) mass is 303 g/mol. The van der Waals surface area contributed by atoms with Gasteiger partial charge in [-0.3, -0.25) is 4.79 Å². The molecule has 2 N–H and O–H groups in total. The molecule has 0 spiro atoms. The van der Waals surface area contributed by atoms with Gasteiger partial charge in [0.25, 0.3) is 5.91 Å². The average Bonchev–Trinajstić information content (AvgIpc) is 3.05. The minimum Gasteiger partial charge on any atom is -0.480 e. The highest BCUT2D eigenvalue weighted by Crippen LogP contribution is 2.07. The highest BCUT2D eigenvalue weighted by atomic mass is 16.4. The summed E-state index contributed by atoms with van der Waals surface area (Å²) in [6.45, 7) is 1.97. The molecule has 0 aliphatic rings. The van der Waals surface area contributed by atoms with E-state index < -0.39 is 17.9 Å². The Balaban J connectivity index is 2.12. The molecule has 0 aromatic carbocycles. The molecule has 0 saturated heterocycles. The third-order valence-electron chi connectivity index (χ3n) is 3.11. The first-order valence-electron chi connectivity index (χ1n) is 6.96. The summed E-state index contributed by atoms with van der Waals surface area (Å²) in [4.78, 5) is 31.3. The Bertz CT molecular complexity index is 642. The summed E-state index contributed by atoms with van der Waals surface area (Å²) in [5.74, 6) is -1.05. The highest BCUT2D eigenvalue weighted by Gasteiger charge is 2.20. The van der Waals surface area contributed by atoms with Crippen molar-refractivity contribution in [3.63, 3.8) is 0 Å². The van der Waals surface area contributed by atoms with Crippen LogP contribution in [0.25, 0.3) is 5.82 Å². The van der Waals surface area contributed by atoms with Crippen LogP contribution in [0.2, 0.25) is 0 Å². The van der Waals surface area contributed by atoms with E-state index in [0.29, 0.717) is 17.8 Å². The van der Waals surface area contributed by atoms with Gasteiger partial charge in [-0.25, -0.2) is 19.4 Å². The molecule has 2 aromatic rings. The fourth-order valence-electron chi connectivity index (χ4n) is 1.92. The maximum atomic E-state index is 12.2. The van der Waals surface area contributed by atoms with Crippen LogP contribution in [0.5, 0.6) is 0 Å². The Morgan fingerprint density at radius 1 is 1.45 bits per heavy atom. The number of hydrogen-bond acceptors (Lipinski definition) is 5. The molecule has 8 heteroatoms. The van der Waals surface area contributed by atoms with E-state index in [1.165, 1.54) is 35.7 Å². The van der Waals surface area contributed by atoms with Gasteiger partial charge in [0, 0.05) is 11.8 Å². The molecule has 2 heterocycles. The van der Waals surface area contributed by atoms with E-state index >= 15 is 0 Å². The zero-order valence-electron chi connectivity index (χ0n) is 12.1. The van der Waals surface area contributed by atoms with Gasteiger partial charge in [-0.05, 0) is 18.6 Å². The lowest BCUT2D eigenvalue weighted by atomic mass is 10.1. The van der Waals surface area contributed by atoms with E-state index in [9.17, 15) is 9.59 Å². The minimum atomic E-state index is -1.03. The topological polar surface area (TPSA) is 110 Å². The van der Waals surface area contributed by atoms with Crippen LogP contribution >= 0.6 is 0 Å². The highest BCUT2D eigenvalue weighted by molar-refractivity contribution is 5.96. The third kappa shape index (κ3) is 3.87. The van der Waals surface area contributed by atoms with Gasteiger partial charge in [0.05, 0.1) is 0 Å². The van der Waals surface area contributed by atoms with Crippen molar-refractivity contribution in [1.82, 2.24) is 25.1 Å². The number of carboxylic acid groups (broad SMARTS) is 1. The van der Waals surface area contributed by atoms with Crippen LogP contribution < -0.4 is 5.32 Å². The van der Waals surface area contributed by atoms with Crippen LogP contribution in [0.1, 0.15) is 36.5 Å². The van der Waals surface area contributed by atoms with Gasteiger partial charge >= 0.3 is 5.97 Å². The number of hydrogen-bond donors (Lipinski definition) is 2. The summed E-state index contributed by atoms with van der Waals surface area (Å²) in [5, 5.41) is 15.6. The molecule has 0 bridgehead atoms. The number of nitrogens with zero attached hydrogens (tertiary/aromatic N) is 4. The lowest BCUT2D eigenvalue weighted by molar-refractivity contribution is -0.139. The molecule has 1 amide bonds. The summed E-state index contributed by atoms with van der Waals surface area (Å²) in [7, 11) is 0. The Kier molecular flexibility index (Phi) is 5.18. The fourth-order valence-corrected chi connectivity index (χ4v) is 1.92. The van der Waals surface area contributed by atoms with Crippen molar-refractivity contribution in [1.29, 1.82) is 0 Å². The van der Waals surface area contributed by atoms with Crippen LogP contribution in [0.3, 0.4) is 0 Å². The number of carboxylic acids is 1. The van der Waals surface area contributed by atoms with Crippen molar-refractivity contribution in [2.75, 3.05) is 0 Å². The summed E-state index contributed by atoms with van der Waals surface area (Å²) in [5.41, 5.74) is 0.322. The first-order chi connectivity index (χ1) is 10.6. The van der Waals surface area contributed by atoms with Crippen molar-refractivity contribution < 1.29 is 14.7 Å². The molecular weight excluding hydrogens is 286 g/mol. The summed E-state index contributed by atoms with van der Waals surface area (Å²) in [6, 6.07) is 2.16. The smallest absolute Gasteiger partial charge is 0.326 e. The predicted molar refractivity (Wildman–Crippen MR) is 77.6 cm³/mol. The second-order valence-electron chi connectivity index (χ2n) is 4.75. The second-order valence-corrected chi connectivity index (χ2v) is 4.75. The van der Waals surface area contributed by atoms with Gasteiger partial charge in [-0.2, -0.15) is 5.10 Å². The van der Waals surface area contributed by atoms with Crippen LogP contribution in [-0.2, 0) is 4.79 Å². The number of aromatic nitrogens is 4. The molecule has 2 rings (SSSR count). The van der Waals surface area contributed by atoms with Crippen molar-refractivity contribution in [3.05, 3.63) is 36.5 Å². The van der Waals surface area contributed by atoms with Gasteiger partial charge in [0.1, 0.15) is 18.7 Å². The molecule has 116 valence electrons. The van der Waals surface area contributed by atoms with Crippen LogP contribution in [0.15, 0.2) is 31.0 Å². The van der Waals surface area contributed by atoms with E-state index in [4.69, 9.17) is 5.11 Å². The first-order valence-corrected chi connectivity index (χ1v) is 6.96. The zero-order chi connectivity index (χ0) is 15.9. The van der Waals surface area contributed by atoms with Crippen molar-refractivity contribution in [3.8, 4) is 5.82 Å². The van der Waals surface area contributed by atoms with Crippen LogP contribution in [-0.4, -0.2) is 42.8 Å². The number of rotatable bonds is 7. The molecule has 2 aromatic heterocycles. The maximum absolute atomic E-state index is 12.2. The van der Waals surface area contributed by atoms with Crippen molar-refractivity contribution in [2.24, 2.45) is 0 Å². The fraction of sp³-hybridized carbons (Fsp3) is 0.357. The SMILES string of the molecule is CCCC[C@H](NC(=O)c1ccnc(-n2cncn2)c1)C(=O)O. The van der Waals surface area contributed by atoms with Gasteiger partial charge in [0.2, 0.25) is 0 Å². The molecule has 0 aliphatic heterocycles. The molecule has 1 atom stereocenters. The van der Waals surface area contributed by atoms with Crippen LogP contribution in [0, 0.1) is 0 Å².